The van der Waals surface area contributed by atoms with Gasteiger partial charge in [-0.3, -0.25) is 19.3 Å². The Hall–Kier alpha value is -3.79. The SMILES string of the molecule is CCCNC(=O)[C@@H]1COC2(CCN(C(=O)c3c(OC)cccc3OC)CC2)N1C(=O)c1cccc(OC)c1. The molecule has 0 saturated carbocycles. The molecule has 1 N–H and O–H groups in total. The van der Waals surface area contributed by atoms with E-state index >= 15 is 0 Å². The van der Waals surface area contributed by atoms with Crippen LogP contribution in [-0.4, -0.2) is 86.9 Å². The quantitative estimate of drug-likeness (QED) is 0.565. The Kier molecular flexibility index (Phi) is 8.41. The molecule has 2 saturated heterocycles. The third-order valence-electron chi connectivity index (χ3n) is 7.12. The van der Waals surface area contributed by atoms with Crippen LogP contribution in [0.25, 0.3) is 0 Å². The number of methoxy groups -OCH3 is 3. The summed E-state index contributed by atoms with van der Waals surface area (Å²) in [5.74, 6) is 0.600. The summed E-state index contributed by atoms with van der Waals surface area (Å²) in [6.07, 6.45) is 1.48. The van der Waals surface area contributed by atoms with Crippen molar-refractivity contribution in [1.29, 1.82) is 0 Å². The Labute approximate surface area is 222 Å². The highest BCUT2D eigenvalue weighted by molar-refractivity contribution is 6.00. The van der Waals surface area contributed by atoms with Gasteiger partial charge in [0.2, 0.25) is 5.91 Å². The van der Waals surface area contributed by atoms with E-state index in [-0.39, 0.29) is 24.3 Å². The first-order valence-electron chi connectivity index (χ1n) is 12.8. The molecular formula is C28H35N3O7. The predicted molar refractivity (Wildman–Crippen MR) is 140 cm³/mol. The first kappa shape index (κ1) is 27.3. The Balaban J connectivity index is 1.60. The van der Waals surface area contributed by atoms with E-state index < -0.39 is 11.8 Å². The van der Waals surface area contributed by atoms with Crippen molar-refractivity contribution in [3.05, 3.63) is 53.6 Å². The maximum Gasteiger partial charge on any atom is 0.261 e. The summed E-state index contributed by atoms with van der Waals surface area (Å²) in [4.78, 5) is 43.8. The Morgan fingerprint density at radius 1 is 0.974 bits per heavy atom. The molecule has 204 valence electrons. The number of hydrogen-bond donors (Lipinski definition) is 1. The van der Waals surface area contributed by atoms with Gasteiger partial charge in [0.05, 0.1) is 27.9 Å². The Morgan fingerprint density at radius 2 is 1.63 bits per heavy atom. The van der Waals surface area contributed by atoms with Gasteiger partial charge in [-0.2, -0.15) is 0 Å². The maximum absolute atomic E-state index is 13.9. The fourth-order valence-electron chi connectivity index (χ4n) is 5.11. The monoisotopic (exact) mass is 525 g/mol. The third kappa shape index (κ3) is 5.13. The van der Waals surface area contributed by atoms with Crippen LogP contribution in [-0.2, 0) is 9.53 Å². The standard InChI is InChI=1S/C28H35N3O7/c1-5-14-29-25(32)21-18-38-28(31(21)26(33)19-8-6-9-20(17-19)35-2)12-15-30(16-13-28)27(34)24-22(36-3)10-7-11-23(24)37-4/h6-11,17,21H,5,12-16,18H2,1-4H3,(H,29,32)/t21-/m0/s1. The van der Waals surface area contributed by atoms with Gasteiger partial charge in [0.1, 0.15) is 34.6 Å². The van der Waals surface area contributed by atoms with Crippen LogP contribution in [0, 0.1) is 0 Å². The molecule has 1 spiro atoms. The summed E-state index contributed by atoms with van der Waals surface area (Å²) in [7, 11) is 4.55. The van der Waals surface area contributed by atoms with Crippen molar-refractivity contribution < 1.29 is 33.3 Å². The van der Waals surface area contributed by atoms with Crippen LogP contribution in [0.1, 0.15) is 46.9 Å². The van der Waals surface area contributed by atoms with Crippen LogP contribution in [0.3, 0.4) is 0 Å². The average molecular weight is 526 g/mol. The van der Waals surface area contributed by atoms with Gasteiger partial charge in [0.15, 0.2) is 0 Å². The van der Waals surface area contributed by atoms with Gasteiger partial charge in [-0.15, -0.1) is 0 Å². The van der Waals surface area contributed by atoms with Gasteiger partial charge in [0.25, 0.3) is 11.8 Å². The van der Waals surface area contributed by atoms with Gasteiger partial charge in [-0.25, -0.2) is 0 Å². The molecule has 2 aromatic rings. The number of carbonyl (C=O) groups is 3. The predicted octanol–water partition coefficient (Wildman–Crippen LogP) is 2.71. The number of hydrogen-bond acceptors (Lipinski definition) is 7. The van der Waals surface area contributed by atoms with E-state index in [4.69, 9.17) is 18.9 Å². The van der Waals surface area contributed by atoms with Crippen LogP contribution >= 0.6 is 0 Å². The largest absolute Gasteiger partial charge is 0.497 e. The van der Waals surface area contributed by atoms with Crippen molar-refractivity contribution in [2.75, 3.05) is 47.6 Å². The van der Waals surface area contributed by atoms with Crippen LogP contribution in [0.4, 0.5) is 0 Å². The molecule has 0 radical (unpaired) electrons. The molecule has 0 aromatic heterocycles. The minimum Gasteiger partial charge on any atom is -0.497 e. The summed E-state index contributed by atoms with van der Waals surface area (Å²) >= 11 is 0. The summed E-state index contributed by atoms with van der Waals surface area (Å²) in [6, 6.07) is 11.3. The van der Waals surface area contributed by atoms with Gasteiger partial charge >= 0.3 is 0 Å². The normalized spacial score (nSPS) is 18.3. The van der Waals surface area contributed by atoms with E-state index in [2.05, 4.69) is 5.32 Å². The molecule has 2 aliphatic heterocycles. The van der Waals surface area contributed by atoms with Crippen molar-refractivity contribution in [3.63, 3.8) is 0 Å². The fraction of sp³-hybridized carbons (Fsp3) is 0.464. The Morgan fingerprint density at radius 3 is 2.24 bits per heavy atom. The van der Waals surface area contributed by atoms with Crippen LogP contribution in [0.2, 0.25) is 0 Å². The molecule has 3 amide bonds. The van der Waals surface area contributed by atoms with E-state index in [1.807, 2.05) is 6.92 Å². The molecule has 0 bridgehead atoms. The van der Waals surface area contributed by atoms with Crippen molar-refractivity contribution in [2.45, 2.75) is 38.0 Å². The number of rotatable bonds is 8. The number of ether oxygens (including phenoxy) is 4. The first-order valence-corrected chi connectivity index (χ1v) is 12.8. The van der Waals surface area contributed by atoms with Crippen molar-refractivity contribution in [3.8, 4) is 17.2 Å². The van der Waals surface area contributed by atoms with E-state index in [9.17, 15) is 14.4 Å². The van der Waals surface area contributed by atoms with Gasteiger partial charge in [-0.05, 0) is 36.8 Å². The van der Waals surface area contributed by atoms with Crippen molar-refractivity contribution in [1.82, 2.24) is 15.1 Å². The zero-order chi connectivity index (χ0) is 27.3. The zero-order valence-electron chi connectivity index (χ0n) is 22.3. The number of carbonyl (C=O) groups excluding carboxylic acids is 3. The smallest absolute Gasteiger partial charge is 0.261 e. The lowest BCUT2D eigenvalue weighted by Crippen LogP contribution is -2.59. The summed E-state index contributed by atoms with van der Waals surface area (Å²) in [5, 5.41) is 2.90. The van der Waals surface area contributed by atoms with E-state index in [1.54, 1.807) is 52.3 Å². The number of benzene rings is 2. The second kappa shape index (κ2) is 11.7. The van der Waals surface area contributed by atoms with Gasteiger partial charge < -0.3 is 29.2 Å². The summed E-state index contributed by atoms with van der Waals surface area (Å²) in [5.41, 5.74) is -0.266. The second-order valence-corrected chi connectivity index (χ2v) is 9.30. The molecule has 0 unspecified atom stereocenters. The molecule has 10 nitrogen and oxygen atoms in total. The van der Waals surface area contributed by atoms with Crippen LogP contribution in [0.5, 0.6) is 17.2 Å². The van der Waals surface area contributed by atoms with Gasteiger partial charge in [-0.1, -0.05) is 19.1 Å². The minimum atomic E-state index is -1.02. The Bertz CT molecular complexity index is 1150. The molecule has 1 atom stereocenters. The number of piperidine rings is 1. The van der Waals surface area contributed by atoms with E-state index in [0.717, 1.165) is 6.42 Å². The molecule has 2 aromatic carbocycles. The molecular weight excluding hydrogens is 490 g/mol. The lowest BCUT2D eigenvalue weighted by Gasteiger charge is -2.44. The highest BCUT2D eigenvalue weighted by Gasteiger charge is 2.54. The molecule has 10 heteroatoms. The molecule has 2 heterocycles. The maximum atomic E-state index is 13.9. The fourth-order valence-corrected chi connectivity index (χ4v) is 5.11. The third-order valence-corrected chi connectivity index (χ3v) is 7.12. The molecule has 4 rings (SSSR count). The number of nitrogens with zero attached hydrogens (tertiary/aromatic N) is 2. The number of amides is 3. The van der Waals surface area contributed by atoms with Crippen molar-refractivity contribution >= 4 is 17.7 Å². The first-order chi connectivity index (χ1) is 18.4. The van der Waals surface area contributed by atoms with Crippen LogP contribution < -0.4 is 19.5 Å². The average Bonchev–Trinajstić information content (AvgIpc) is 3.33. The summed E-state index contributed by atoms with van der Waals surface area (Å²) in [6.45, 7) is 3.21. The van der Waals surface area contributed by atoms with Crippen LogP contribution in [0.15, 0.2) is 42.5 Å². The molecule has 0 aliphatic carbocycles. The van der Waals surface area contributed by atoms with E-state index in [1.165, 1.54) is 21.3 Å². The van der Waals surface area contributed by atoms with E-state index in [0.29, 0.717) is 60.9 Å². The minimum absolute atomic E-state index is 0.0829. The lowest BCUT2D eigenvalue weighted by atomic mass is 9.95. The molecule has 2 fully saturated rings. The molecule has 38 heavy (non-hydrogen) atoms. The highest BCUT2D eigenvalue weighted by atomic mass is 16.5. The molecule has 2 aliphatic rings. The topological polar surface area (TPSA) is 107 Å². The number of likely N-dealkylation sites (tertiary alicyclic amines) is 1. The number of nitrogens with one attached hydrogen (secondary N) is 1. The van der Waals surface area contributed by atoms with Crippen molar-refractivity contribution in [2.24, 2.45) is 0 Å². The van der Waals surface area contributed by atoms with Gasteiger partial charge in [0, 0.05) is 38.0 Å². The second-order valence-electron chi connectivity index (χ2n) is 9.30. The zero-order valence-corrected chi connectivity index (χ0v) is 22.3. The highest BCUT2D eigenvalue weighted by Crippen LogP contribution is 2.40. The lowest BCUT2D eigenvalue weighted by molar-refractivity contribution is -0.128. The summed E-state index contributed by atoms with van der Waals surface area (Å²) < 4.78 is 22.4.